The Morgan fingerprint density at radius 2 is 1.85 bits per heavy atom. The first kappa shape index (κ1) is 22.6. The van der Waals surface area contributed by atoms with E-state index in [0.29, 0.717) is 12.1 Å². The number of ether oxygens (including phenoxy) is 1. The van der Waals surface area contributed by atoms with E-state index in [4.69, 9.17) is 4.74 Å². The van der Waals surface area contributed by atoms with Crippen molar-refractivity contribution in [2.45, 2.75) is 30.8 Å². The number of hydrogen-bond donors (Lipinski definition) is 1. The normalized spacial score (nSPS) is 22.8. The highest BCUT2D eigenvalue weighted by atomic mass is 16.5. The molecule has 176 valence electrons. The number of pyridine rings is 1. The van der Waals surface area contributed by atoms with E-state index in [1.165, 1.54) is 5.56 Å². The highest BCUT2D eigenvalue weighted by Gasteiger charge is 2.49. The topological polar surface area (TPSA) is 65.9 Å². The number of nitrogens with zero attached hydrogens (tertiary/aromatic N) is 3. The molecule has 1 aromatic heterocycles. The number of rotatable bonds is 5. The molecule has 6 heteroatoms. The number of carbonyl (C=O) groups excluding carboxylic acids is 1. The molecule has 2 aliphatic heterocycles. The minimum atomic E-state index is 0.0349. The van der Waals surface area contributed by atoms with Crippen LogP contribution in [0.5, 0.6) is 5.75 Å². The number of methoxy groups -OCH3 is 1. The number of aliphatic hydroxyl groups excluding tert-OH is 1. The Bertz CT molecular complexity index is 1120. The monoisotopic (exact) mass is 457 g/mol. The average Bonchev–Trinajstić information content (AvgIpc) is 2.88. The van der Waals surface area contributed by atoms with Crippen molar-refractivity contribution < 1.29 is 14.6 Å². The van der Waals surface area contributed by atoms with Gasteiger partial charge in [-0.15, -0.1) is 0 Å². The van der Waals surface area contributed by atoms with Crippen LogP contribution < -0.4 is 4.74 Å². The summed E-state index contributed by atoms with van der Waals surface area (Å²) in [6.07, 6.45) is 5.31. The number of amides is 1. The van der Waals surface area contributed by atoms with E-state index in [0.717, 1.165) is 42.8 Å². The zero-order chi connectivity index (χ0) is 23.5. The second-order valence-electron chi connectivity index (χ2n) is 9.10. The first-order valence-corrected chi connectivity index (χ1v) is 12.0. The molecule has 2 aromatic carbocycles. The highest BCUT2D eigenvalue weighted by molar-refractivity contribution is 5.93. The summed E-state index contributed by atoms with van der Waals surface area (Å²) in [7, 11) is 1.69. The van der Waals surface area contributed by atoms with Gasteiger partial charge in [0.15, 0.2) is 0 Å². The summed E-state index contributed by atoms with van der Waals surface area (Å²) in [6.45, 7) is 2.48. The molecule has 0 spiro atoms. The van der Waals surface area contributed by atoms with Gasteiger partial charge in [0.05, 0.1) is 19.3 Å². The second-order valence-corrected chi connectivity index (χ2v) is 9.10. The zero-order valence-electron chi connectivity index (χ0n) is 19.5. The summed E-state index contributed by atoms with van der Waals surface area (Å²) in [5.41, 5.74) is 3.99. The zero-order valence-corrected chi connectivity index (χ0v) is 19.5. The van der Waals surface area contributed by atoms with E-state index in [2.05, 4.69) is 40.2 Å². The fourth-order valence-electron chi connectivity index (χ4n) is 5.56. The number of hydrogen-bond acceptors (Lipinski definition) is 5. The molecule has 6 nitrogen and oxygen atoms in total. The number of benzene rings is 2. The maximum Gasteiger partial charge on any atom is 0.255 e. The van der Waals surface area contributed by atoms with Crippen molar-refractivity contribution in [2.75, 3.05) is 33.4 Å². The number of aliphatic hydroxyl groups is 1. The van der Waals surface area contributed by atoms with Crippen molar-refractivity contribution in [3.63, 3.8) is 0 Å². The van der Waals surface area contributed by atoms with Crippen LogP contribution >= 0.6 is 0 Å². The smallest absolute Gasteiger partial charge is 0.255 e. The summed E-state index contributed by atoms with van der Waals surface area (Å²) >= 11 is 0. The maximum atomic E-state index is 13.2. The molecule has 3 heterocycles. The standard InChI is InChI=1S/C28H31N3O3/c1-34-26-9-3-2-8-23(26)20-10-12-21(13-11-20)27-24-18-30(28(33)22-7-6-14-29-17-22)15-4-5-16-31(24)25(27)19-32/h2-3,6-14,17,24-25,27,32H,4-5,15-16,18-19H2,1H3/t24-,25-,27-/m0/s1. The molecule has 5 rings (SSSR count). The minimum Gasteiger partial charge on any atom is -0.496 e. The molecule has 3 aromatic rings. The van der Waals surface area contributed by atoms with Crippen LogP contribution in [0, 0.1) is 0 Å². The molecule has 2 fully saturated rings. The van der Waals surface area contributed by atoms with E-state index in [-0.39, 0.29) is 30.5 Å². The van der Waals surface area contributed by atoms with Gasteiger partial charge in [-0.25, -0.2) is 0 Å². The fourth-order valence-corrected chi connectivity index (χ4v) is 5.56. The van der Waals surface area contributed by atoms with Crippen LogP contribution in [0.15, 0.2) is 73.1 Å². The summed E-state index contributed by atoms with van der Waals surface area (Å²) < 4.78 is 5.53. The Hall–Kier alpha value is -3.22. The van der Waals surface area contributed by atoms with Gasteiger partial charge in [-0.3, -0.25) is 14.7 Å². The molecule has 2 aliphatic rings. The fraction of sp³-hybridized carbons (Fsp3) is 0.357. The molecule has 0 saturated carbocycles. The number of para-hydroxylation sites is 1. The predicted octanol–water partition coefficient (Wildman–Crippen LogP) is 3.82. The van der Waals surface area contributed by atoms with Gasteiger partial charge in [0.1, 0.15) is 5.75 Å². The maximum absolute atomic E-state index is 13.2. The van der Waals surface area contributed by atoms with Crippen LogP contribution in [0.3, 0.4) is 0 Å². The molecular weight excluding hydrogens is 426 g/mol. The van der Waals surface area contributed by atoms with Crippen LogP contribution in [0.25, 0.3) is 11.1 Å². The molecule has 1 amide bonds. The Kier molecular flexibility index (Phi) is 6.61. The van der Waals surface area contributed by atoms with Crippen LogP contribution in [-0.4, -0.2) is 71.2 Å². The Morgan fingerprint density at radius 3 is 2.59 bits per heavy atom. The van der Waals surface area contributed by atoms with Gasteiger partial charge in [0, 0.05) is 49.0 Å². The van der Waals surface area contributed by atoms with E-state index in [9.17, 15) is 9.90 Å². The minimum absolute atomic E-state index is 0.0349. The first-order chi connectivity index (χ1) is 16.7. The quantitative estimate of drug-likeness (QED) is 0.631. The van der Waals surface area contributed by atoms with E-state index in [1.54, 1.807) is 25.6 Å². The third-order valence-electron chi connectivity index (χ3n) is 7.28. The lowest BCUT2D eigenvalue weighted by Crippen LogP contribution is -2.67. The highest BCUT2D eigenvalue weighted by Crippen LogP contribution is 2.42. The van der Waals surface area contributed by atoms with Gasteiger partial charge in [-0.05, 0) is 48.7 Å². The van der Waals surface area contributed by atoms with Gasteiger partial charge in [-0.1, -0.05) is 42.5 Å². The molecule has 0 radical (unpaired) electrons. The lowest BCUT2D eigenvalue weighted by Gasteiger charge is -2.57. The molecule has 2 saturated heterocycles. The molecule has 3 atom stereocenters. The molecule has 0 aliphatic carbocycles. The third kappa shape index (κ3) is 4.19. The number of carbonyl (C=O) groups is 1. The van der Waals surface area contributed by atoms with Crippen molar-refractivity contribution >= 4 is 5.91 Å². The Balaban J connectivity index is 1.40. The van der Waals surface area contributed by atoms with Crippen molar-refractivity contribution in [1.29, 1.82) is 0 Å². The van der Waals surface area contributed by atoms with Crippen molar-refractivity contribution in [3.8, 4) is 16.9 Å². The lowest BCUT2D eigenvalue weighted by molar-refractivity contribution is -0.0606. The molecule has 0 unspecified atom stereocenters. The van der Waals surface area contributed by atoms with Gasteiger partial charge in [0.25, 0.3) is 5.91 Å². The van der Waals surface area contributed by atoms with Crippen LogP contribution in [0.1, 0.15) is 34.7 Å². The van der Waals surface area contributed by atoms with Gasteiger partial charge >= 0.3 is 0 Å². The number of fused-ring (bicyclic) bond motifs is 1. The molecule has 1 N–H and O–H groups in total. The van der Waals surface area contributed by atoms with Gasteiger partial charge in [0.2, 0.25) is 0 Å². The summed E-state index contributed by atoms with van der Waals surface area (Å²) in [5, 5.41) is 10.2. The lowest BCUT2D eigenvalue weighted by atomic mass is 9.74. The molecule has 0 bridgehead atoms. The average molecular weight is 458 g/mol. The molecular formula is C28H31N3O3. The van der Waals surface area contributed by atoms with E-state index < -0.39 is 0 Å². The van der Waals surface area contributed by atoms with Gasteiger partial charge in [-0.2, -0.15) is 0 Å². The predicted molar refractivity (Wildman–Crippen MR) is 132 cm³/mol. The summed E-state index contributed by atoms with van der Waals surface area (Å²) in [4.78, 5) is 21.7. The summed E-state index contributed by atoms with van der Waals surface area (Å²) in [6, 6.07) is 20.5. The molecule has 34 heavy (non-hydrogen) atoms. The van der Waals surface area contributed by atoms with Crippen molar-refractivity contribution in [2.24, 2.45) is 0 Å². The SMILES string of the molecule is COc1ccccc1-c1ccc([C@@H]2[C@H](CO)N3CCCCN(C(=O)c4cccnc4)C[C@@H]23)cc1. The first-order valence-electron chi connectivity index (χ1n) is 12.0. The summed E-state index contributed by atoms with van der Waals surface area (Å²) in [5.74, 6) is 1.06. The van der Waals surface area contributed by atoms with E-state index in [1.807, 2.05) is 29.2 Å². The Labute approximate surface area is 200 Å². The largest absolute Gasteiger partial charge is 0.496 e. The third-order valence-corrected chi connectivity index (χ3v) is 7.28. The number of aromatic nitrogens is 1. The van der Waals surface area contributed by atoms with Crippen molar-refractivity contribution in [3.05, 3.63) is 84.2 Å². The van der Waals surface area contributed by atoms with Crippen LogP contribution in [0.2, 0.25) is 0 Å². The van der Waals surface area contributed by atoms with Crippen LogP contribution in [0.4, 0.5) is 0 Å². The Morgan fingerprint density at radius 1 is 1.06 bits per heavy atom. The van der Waals surface area contributed by atoms with E-state index >= 15 is 0 Å². The van der Waals surface area contributed by atoms with Gasteiger partial charge < -0.3 is 14.7 Å². The van der Waals surface area contributed by atoms with Crippen molar-refractivity contribution in [1.82, 2.24) is 14.8 Å². The second kappa shape index (κ2) is 9.95. The van der Waals surface area contributed by atoms with Crippen LogP contribution in [-0.2, 0) is 0 Å².